The highest BCUT2D eigenvalue weighted by molar-refractivity contribution is 7.22. The zero-order valence-electron chi connectivity index (χ0n) is 21.6. The number of nitrogens with one attached hydrogen (secondary N) is 2. The molecule has 0 amide bonds. The Morgan fingerprint density at radius 2 is 1.79 bits per heavy atom. The van der Waals surface area contributed by atoms with E-state index in [2.05, 4.69) is 52.5 Å². The Morgan fingerprint density at radius 3 is 2.50 bits per heavy atom. The minimum atomic E-state index is 0.551. The summed E-state index contributed by atoms with van der Waals surface area (Å²) in [7, 11) is 2.06. The van der Waals surface area contributed by atoms with E-state index in [9.17, 15) is 0 Å². The molecule has 4 heterocycles. The van der Waals surface area contributed by atoms with Crippen LogP contribution in [0.5, 0.6) is 0 Å². The number of nitrogen functional groups attached to an aromatic ring is 1. The largest absolute Gasteiger partial charge is 0.398 e. The Morgan fingerprint density at radius 1 is 1.03 bits per heavy atom. The van der Waals surface area contributed by atoms with E-state index in [-0.39, 0.29) is 0 Å². The van der Waals surface area contributed by atoms with E-state index in [1.165, 1.54) is 35.2 Å². The van der Waals surface area contributed by atoms with Crippen molar-refractivity contribution in [2.75, 3.05) is 62.0 Å². The van der Waals surface area contributed by atoms with Crippen LogP contribution >= 0.6 is 11.3 Å². The molecule has 0 atom stereocenters. The highest BCUT2D eigenvalue weighted by atomic mass is 32.1. The maximum absolute atomic E-state index is 7.92. The Labute approximate surface area is 227 Å². The molecule has 0 radical (unpaired) electrons. The van der Waals surface area contributed by atoms with Crippen LogP contribution in [-0.4, -0.2) is 68.7 Å². The van der Waals surface area contributed by atoms with E-state index < -0.39 is 0 Å². The van der Waals surface area contributed by atoms with Crippen LogP contribution in [0.15, 0.2) is 48.5 Å². The van der Waals surface area contributed by atoms with Crippen molar-refractivity contribution in [1.82, 2.24) is 15.3 Å². The number of hydrogen-bond donors (Lipinski definition) is 3. The smallest absolute Gasteiger partial charge is 0.162 e. The van der Waals surface area contributed by atoms with E-state index in [0.29, 0.717) is 36.3 Å². The van der Waals surface area contributed by atoms with Gasteiger partial charge < -0.3 is 31.0 Å². The molecule has 2 aromatic heterocycles. The van der Waals surface area contributed by atoms with Crippen molar-refractivity contribution in [2.24, 2.45) is 0 Å². The average molecular weight is 528 g/mol. The third kappa shape index (κ3) is 4.73. The topological polar surface area (TPSA) is 103 Å². The number of hydrogen-bond acceptors (Lipinski definition) is 9. The Balaban J connectivity index is 1.38. The molecular weight excluding hydrogens is 494 g/mol. The molecule has 2 saturated heterocycles. The van der Waals surface area contributed by atoms with Gasteiger partial charge in [-0.3, -0.25) is 0 Å². The lowest BCUT2D eigenvalue weighted by Gasteiger charge is -2.33. The normalized spacial score (nSPS) is 16.8. The zero-order valence-corrected chi connectivity index (χ0v) is 22.4. The first-order valence-corrected chi connectivity index (χ1v) is 14.0. The van der Waals surface area contributed by atoms with Crippen molar-refractivity contribution >= 4 is 45.0 Å². The van der Waals surface area contributed by atoms with Crippen LogP contribution in [0, 0.1) is 5.41 Å². The quantitative estimate of drug-likeness (QED) is 0.248. The third-order valence-corrected chi connectivity index (χ3v) is 8.78. The number of aromatic nitrogens is 2. The molecule has 38 heavy (non-hydrogen) atoms. The number of thiophene rings is 1. The summed E-state index contributed by atoms with van der Waals surface area (Å²) in [6, 6.07) is 17.3. The van der Waals surface area contributed by atoms with Crippen molar-refractivity contribution in [2.45, 2.75) is 18.9 Å². The van der Waals surface area contributed by atoms with Crippen LogP contribution in [0.25, 0.3) is 32.0 Å². The number of rotatable bonds is 6. The fraction of sp³-hybridized carbons (Fsp3) is 0.345. The number of benzene rings is 2. The standard InChI is InChI=1S/C29H33N7OS/c1-32-20-9-11-35(12-10-20)21-7-5-19(6-8-21)26-17-25-27(38-26)29(36-13-15-37-16-14-36)34-28(33-25)22-3-2-4-24(31)23(22)18-30/h2-8,17-18,20,30,32H,9-16,31H2,1H3. The summed E-state index contributed by atoms with van der Waals surface area (Å²) in [6.07, 6.45) is 3.63. The SMILES string of the molecule is CNC1CCN(c2ccc(-c3cc4nc(-c5cccc(N)c5C=N)nc(N5CCOCC5)c4s3)cc2)CC1. The van der Waals surface area contributed by atoms with Gasteiger partial charge in [0.1, 0.15) is 0 Å². The van der Waals surface area contributed by atoms with Crippen LogP contribution < -0.4 is 20.9 Å². The van der Waals surface area contributed by atoms with Gasteiger partial charge in [-0.05, 0) is 49.7 Å². The summed E-state index contributed by atoms with van der Waals surface area (Å²) in [5.74, 6) is 1.52. The lowest BCUT2D eigenvalue weighted by atomic mass is 10.0. The predicted molar refractivity (Wildman–Crippen MR) is 158 cm³/mol. The van der Waals surface area contributed by atoms with Gasteiger partial charge >= 0.3 is 0 Å². The molecule has 2 aliphatic heterocycles. The van der Waals surface area contributed by atoms with Gasteiger partial charge in [0.25, 0.3) is 0 Å². The number of nitrogens with zero attached hydrogens (tertiary/aromatic N) is 4. The van der Waals surface area contributed by atoms with Crippen molar-refractivity contribution in [3.8, 4) is 21.8 Å². The molecular formula is C29H33N7OS. The van der Waals surface area contributed by atoms with Gasteiger partial charge in [0.2, 0.25) is 0 Å². The molecule has 0 saturated carbocycles. The maximum Gasteiger partial charge on any atom is 0.162 e. The molecule has 2 fully saturated rings. The first kappa shape index (κ1) is 24.8. The summed E-state index contributed by atoms with van der Waals surface area (Å²) in [6.45, 7) is 5.08. The van der Waals surface area contributed by atoms with E-state index in [0.717, 1.165) is 47.8 Å². The van der Waals surface area contributed by atoms with Gasteiger partial charge in [-0.1, -0.05) is 24.3 Å². The van der Waals surface area contributed by atoms with Crippen molar-refractivity contribution < 1.29 is 4.74 Å². The van der Waals surface area contributed by atoms with Crippen LogP contribution in [0.3, 0.4) is 0 Å². The Bertz CT molecular complexity index is 1440. The summed E-state index contributed by atoms with van der Waals surface area (Å²) < 4.78 is 6.69. The lowest BCUT2D eigenvalue weighted by molar-refractivity contribution is 0.122. The van der Waals surface area contributed by atoms with E-state index >= 15 is 0 Å². The second kappa shape index (κ2) is 10.7. The second-order valence-corrected chi connectivity index (χ2v) is 10.9. The first-order valence-electron chi connectivity index (χ1n) is 13.2. The minimum absolute atomic E-state index is 0.551. The third-order valence-electron chi connectivity index (χ3n) is 7.61. The minimum Gasteiger partial charge on any atom is -0.398 e. The van der Waals surface area contributed by atoms with Crippen LogP contribution in [0.1, 0.15) is 18.4 Å². The van der Waals surface area contributed by atoms with E-state index in [4.69, 9.17) is 25.8 Å². The first-order chi connectivity index (χ1) is 18.6. The maximum atomic E-state index is 7.92. The molecule has 6 rings (SSSR count). The molecule has 4 N–H and O–H groups in total. The molecule has 0 unspecified atom stereocenters. The molecule has 0 bridgehead atoms. The fourth-order valence-electron chi connectivity index (χ4n) is 5.37. The lowest BCUT2D eigenvalue weighted by Crippen LogP contribution is -2.41. The van der Waals surface area contributed by atoms with Crippen LogP contribution in [0.4, 0.5) is 17.2 Å². The zero-order chi connectivity index (χ0) is 26.1. The summed E-state index contributed by atoms with van der Waals surface area (Å²) in [5.41, 5.74) is 11.5. The predicted octanol–water partition coefficient (Wildman–Crippen LogP) is 4.63. The van der Waals surface area contributed by atoms with Crippen LogP contribution in [-0.2, 0) is 4.74 Å². The summed E-state index contributed by atoms with van der Waals surface area (Å²) >= 11 is 1.73. The van der Waals surface area contributed by atoms with Crippen molar-refractivity contribution in [3.05, 3.63) is 54.1 Å². The number of ether oxygens (including phenoxy) is 1. The van der Waals surface area contributed by atoms with Gasteiger partial charge in [-0.25, -0.2) is 9.97 Å². The molecule has 2 aliphatic rings. The van der Waals surface area contributed by atoms with Gasteiger partial charge in [-0.15, -0.1) is 11.3 Å². The molecule has 0 aliphatic carbocycles. The average Bonchev–Trinajstić information content (AvgIpc) is 3.41. The number of anilines is 3. The summed E-state index contributed by atoms with van der Waals surface area (Å²) in [4.78, 5) is 15.9. The highest BCUT2D eigenvalue weighted by Gasteiger charge is 2.22. The number of fused-ring (bicyclic) bond motifs is 1. The Hall–Kier alpha value is -3.53. The molecule has 4 aromatic rings. The molecule has 9 heteroatoms. The van der Waals surface area contributed by atoms with Crippen molar-refractivity contribution in [1.29, 1.82) is 5.41 Å². The number of morpholine rings is 1. The Kier molecular flexibility index (Phi) is 6.97. The second-order valence-electron chi connectivity index (χ2n) is 9.84. The summed E-state index contributed by atoms with van der Waals surface area (Å²) in [5, 5.41) is 11.3. The van der Waals surface area contributed by atoms with Gasteiger partial charge in [0.05, 0.1) is 23.4 Å². The van der Waals surface area contributed by atoms with E-state index in [1.807, 2.05) is 12.1 Å². The van der Waals surface area contributed by atoms with Gasteiger partial charge in [0, 0.05) is 65.8 Å². The number of piperidine rings is 1. The monoisotopic (exact) mass is 527 g/mol. The number of nitrogens with two attached hydrogens (primary N) is 1. The van der Waals surface area contributed by atoms with E-state index in [1.54, 1.807) is 17.4 Å². The fourth-order valence-corrected chi connectivity index (χ4v) is 6.49. The molecule has 8 nitrogen and oxygen atoms in total. The highest BCUT2D eigenvalue weighted by Crippen LogP contribution is 2.40. The molecule has 196 valence electrons. The molecule has 0 spiro atoms. The van der Waals surface area contributed by atoms with Gasteiger partial charge in [0.15, 0.2) is 11.6 Å². The molecule has 2 aromatic carbocycles. The van der Waals surface area contributed by atoms with Crippen LogP contribution in [0.2, 0.25) is 0 Å². The van der Waals surface area contributed by atoms with Gasteiger partial charge in [-0.2, -0.15) is 0 Å². The van der Waals surface area contributed by atoms with Crippen molar-refractivity contribution in [3.63, 3.8) is 0 Å².